The molecule has 0 saturated heterocycles. The monoisotopic (exact) mass is 253 g/mol. The molecule has 2 rings (SSSR count). The third kappa shape index (κ3) is 2.60. The molecule has 18 heavy (non-hydrogen) atoms. The van der Waals surface area contributed by atoms with Gasteiger partial charge in [0.15, 0.2) is 0 Å². The Labute approximate surface area is 102 Å². The minimum atomic E-state index is -4.39. The molecule has 0 spiro atoms. The van der Waals surface area contributed by atoms with Gasteiger partial charge in [-0.25, -0.2) is 10.8 Å². The average molecular weight is 253 g/mol. The smallest absolute Gasteiger partial charge is 0.262 e. The number of anilines is 2. The number of hydrazine groups is 1. The highest BCUT2D eigenvalue weighted by Crippen LogP contribution is 2.32. The summed E-state index contributed by atoms with van der Waals surface area (Å²) >= 11 is 0. The zero-order valence-corrected chi connectivity index (χ0v) is 9.22. The van der Waals surface area contributed by atoms with E-state index in [2.05, 4.69) is 4.98 Å². The summed E-state index contributed by atoms with van der Waals surface area (Å²) < 4.78 is 37.7. The van der Waals surface area contributed by atoms with Crippen LogP contribution >= 0.6 is 0 Å². The van der Waals surface area contributed by atoms with Gasteiger partial charge in [-0.2, -0.15) is 13.2 Å². The van der Waals surface area contributed by atoms with Crippen LogP contribution in [0.25, 0.3) is 0 Å². The molecule has 1 heterocycles. The van der Waals surface area contributed by atoms with Crippen LogP contribution in [0.15, 0.2) is 48.7 Å². The molecule has 0 radical (unpaired) electrons. The molecule has 0 aliphatic carbocycles. The fourth-order valence-electron chi connectivity index (χ4n) is 1.46. The Balaban J connectivity index is 2.35. The molecule has 0 atom stereocenters. The summed E-state index contributed by atoms with van der Waals surface area (Å²) in [5.41, 5.74) is -0.519. The number of rotatable bonds is 2. The predicted molar refractivity (Wildman–Crippen MR) is 62.0 cm³/mol. The quantitative estimate of drug-likeness (QED) is 0.660. The second-order valence-corrected chi connectivity index (χ2v) is 3.61. The molecular formula is C12H10F3N3. The van der Waals surface area contributed by atoms with Crippen molar-refractivity contribution in [3.63, 3.8) is 0 Å². The van der Waals surface area contributed by atoms with Crippen LogP contribution in [0, 0.1) is 0 Å². The van der Waals surface area contributed by atoms with Gasteiger partial charge >= 0.3 is 6.18 Å². The third-order valence-electron chi connectivity index (χ3n) is 2.35. The number of pyridine rings is 1. The van der Waals surface area contributed by atoms with Gasteiger partial charge in [-0.3, -0.25) is 5.01 Å². The van der Waals surface area contributed by atoms with Crippen molar-refractivity contribution < 1.29 is 13.2 Å². The van der Waals surface area contributed by atoms with Gasteiger partial charge in [0.25, 0.3) is 0 Å². The molecule has 0 bridgehead atoms. The first-order valence-corrected chi connectivity index (χ1v) is 5.11. The summed E-state index contributed by atoms with van der Waals surface area (Å²) in [6, 6.07) is 9.79. The number of nitrogens with two attached hydrogens (primary N) is 1. The number of hydrogen-bond acceptors (Lipinski definition) is 3. The SMILES string of the molecule is NN(c1cccc(C(F)(F)F)c1)c1ccccn1. The van der Waals surface area contributed by atoms with E-state index in [1.807, 2.05) is 0 Å². The Bertz CT molecular complexity index is 526. The number of hydrogen-bond donors (Lipinski definition) is 1. The molecule has 0 unspecified atom stereocenters. The second-order valence-electron chi connectivity index (χ2n) is 3.61. The summed E-state index contributed by atoms with van der Waals surface area (Å²) in [6.07, 6.45) is -2.87. The standard InChI is InChI=1S/C12H10F3N3/c13-12(14,15)9-4-3-5-10(8-9)18(16)11-6-1-2-7-17-11/h1-8H,16H2. The molecule has 3 nitrogen and oxygen atoms in total. The van der Waals surface area contributed by atoms with E-state index >= 15 is 0 Å². The Kier molecular flexibility index (Phi) is 3.20. The van der Waals surface area contributed by atoms with Crippen LogP contribution in [0.5, 0.6) is 0 Å². The molecule has 2 N–H and O–H groups in total. The molecule has 0 saturated carbocycles. The number of nitrogens with zero attached hydrogens (tertiary/aromatic N) is 2. The molecule has 0 fully saturated rings. The van der Waals surface area contributed by atoms with E-state index in [-0.39, 0.29) is 5.69 Å². The summed E-state index contributed by atoms with van der Waals surface area (Å²) in [5.74, 6) is 6.10. The summed E-state index contributed by atoms with van der Waals surface area (Å²) in [6.45, 7) is 0. The second kappa shape index (κ2) is 4.66. The number of benzene rings is 1. The molecule has 2 aromatic rings. The van der Waals surface area contributed by atoms with Crippen LogP contribution in [0.2, 0.25) is 0 Å². The van der Waals surface area contributed by atoms with E-state index in [9.17, 15) is 13.2 Å². The minimum absolute atomic E-state index is 0.225. The van der Waals surface area contributed by atoms with Crippen molar-refractivity contribution in [2.75, 3.05) is 5.01 Å². The molecule has 0 amide bonds. The lowest BCUT2D eigenvalue weighted by Gasteiger charge is -2.18. The van der Waals surface area contributed by atoms with E-state index in [1.54, 1.807) is 18.2 Å². The van der Waals surface area contributed by atoms with Gasteiger partial charge < -0.3 is 0 Å². The Morgan fingerprint density at radius 2 is 1.83 bits per heavy atom. The molecule has 1 aromatic carbocycles. The largest absolute Gasteiger partial charge is 0.416 e. The van der Waals surface area contributed by atoms with E-state index < -0.39 is 11.7 Å². The molecule has 94 valence electrons. The van der Waals surface area contributed by atoms with Crippen molar-refractivity contribution in [2.45, 2.75) is 6.18 Å². The van der Waals surface area contributed by atoms with E-state index in [0.717, 1.165) is 17.1 Å². The number of halogens is 3. The summed E-state index contributed by atoms with van der Waals surface area (Å²) in [7, 11) is 0. The zero-order chi connectivity index (χ0) is 13.2. The van der Waals surface area contributed by atoms with Crippen molar-refractivity contribution in [2.24, 2.45) is 5.84 Å². The van der Waals surface area contributed by atoms with Crippen molar-refractivity contribution >= 4 is 11.5 Å². The topological polar surface area (TPSA) is 42.1 Å². The maximum atomic E-state index is 12.6. The zero-order valence-electron chi connectivity index (χ0n) is 9.22. The van der Waals surface area contributed by atoms with Gasteiger partial charge in [-0.1, -0.05) is 12.1 Å². The van der Waals surface area contributed by atoms with Crippen LogP contribution in [-0.4, -0.2) is 4.98 Å². The van der Waals surface area contributed by atoms with Gasteiger partial charge in [0, 0.05) is 6.20 Å². The summed E-state index contributed by atoms with van der Waals surface area (Å²) in [4.78, 5) is 3.97. The maximum Gasteiger partial charge on any atom is 0.416 e. The highest BCUT2D eigenvalue weighted by atomic mass is 19.4. The normalized spacial score (nSPS) is 11.3. The van der Waals surface area contributed by atoms with Gasteiger partial charge in [-0.05, 0) is 30.3 Å². The Morgan fingerprint density at radius 1 is 1.06 bits per heavy atom. The first kappa shape index (κ1) is 12.4. The van der Waals surface area contributed by atoms with Crippen LogP contribution in [0.3, 0.4) is 0 Å². The van der Waals surface area contributed by atoms with Gasteiger partial charge in [0.1, 0.15) is 5.82 Å². The van der Waals surface area contributed by atoms with E-state index in [0.29, 0.717) is 5.82 Å². The van der Waals surface area contributed by atoms with Crippen LogP contribution < -0.4 is 10.9 Å². The number of aromatic nitrogens is 1. The first-order chi connectivity index (χ1) is 8.48. The van der Waals surface area contributed by atoms with Crippen molar-refractivity contribution in [3.8, 4) is 0 Å². The highest BCUT2D eigenvalue weighted by Gasteiger charge is 2.30. The van der Waals surface area contributed by atoms with Crippen LogP contribution in [-0.2, 0) is 6.18 Å². The summed E-state index contributed by atoms with van der Waals surface area (Å²) in [5, 5.41) is 1.11. The lowest BCUT2D eigenvalue weighted by molar-refractivity contribution is -0.137. The molecule has 1 aromatic heterocycles. The van der Waals surface area contributed by atoms with E-state index in [1.165, 1.54) is 18.3 Å². The van der Waals surface area contributed by atoms with Crippen molar-refractivity contribution in [1.82, 2.24) is 4.98 Å². The lowest BCUT2D eigenvalue weighted by atomic mass is 10.2. The van der Waals surface area contributed by atoms with Crippen LogP contribution in [0.1, 0.15) is 5.56 Å². The van der Waals surface area contributed by atoms with Crippen molar-refractivity contribution in [3.05, 3.63) is 54.2 Å². The Morgan fingerprint density at radius 3 is 2.44 bits per heavy atom. The fraction of sp³-hybridized carbons (Fsp3) is 0.0833. The third-order valence-corrected chi connectivity index (χ3v) is 2.35. The highest BCUT2D eigenvalue weighted by molar-refractivity contribution is 5.58. The Hall–Kier alpha value is -2.08. The maximum absolute atomic E-state index is 12.6. The molecular weight excluding hydrogens is 243 g/mol. The van der Waals surface area contributed by atoms with Gasteiger partial charge in [-0.15, -0.1) is 0 Å². The van der Waals surface area contributed by atoms with Gasteiger partial charge in [0.05, 0.1) is 11.3 Å². The minimum Gasteiger partial charge on any atom is -0.262 e. The first-order valence-electron chi connectivity index (χ1n) is 5.11. The van der Waals surface area contributed by atoms with E-state index in [4.69, 9.17) is 5.84 Å². The fourth-order valence-corrected chi connectivity index (χ4v) is 1.46. The van der Waals surface area contributed by atoms with Gasteiger partial charge in [0.2, 0.25) is 0 Å². The average Bonchev–Trinajstić information content (AvgIpc) is 2.38. The molecule has 0 aliphatic rings. The lowest BCUT2D eigenvalue weighted by Crippen LogP contribution is -2.26. The molecule has 0 aliphatic heterocycles. The van der Waals surface area contributed by atoms with Crippen LogP contribution in [0.4, 0.5) is 24.7 Å². The van der Waals surface area contributed by atoms with Crippen molar-refractivity contribution in [1.29, 1.82) is 0 Å². The molecule has 6 heteroatoms. The number of alkyl halides is 3. The predicted octanol–water partition coefficient (Wildman–Crippen LogP) is 3.11.